The third-order valence-corrected chi connectivity index (χ3v) is 18.3. The Labute approximate surface area is 470 Å². The van der Waals surface area contributed by atoms with Crippen LogP contribution in [-0.2, 0) is 54.3 Å². The van der Waals surface area contributed by atoms with E-state index in [4.69, 9.17) is 28.4 Å². The number of carbonyl (C=O) groups is 6. The lowest BCUT2D eigenvalue weighted by atomic mass is 9.47. The largest absolute Gasteiger partial charge is 0.508 e. The summed E-state index contributed by atoms with van der Waals surface area (Å²) in [6.45, 7) is 8.65. The predicted molar refractivity (Wildman–Crippen MR) is 306 cm³/mol. The summed E-state index contributed by atoms with van der Waals surface area (Å²) in [5, 5.41) is 0. The maximum Gasteiger partial charge on any atom is 0.508 e. The van der Waals surface area contributed by atoms with Crippen molar-refractivity contribution in [1.82, 2.24) is 0 Å². The van der Waals surface area contributed by atoms with Crippen molar-refractivity contribution < 1.29 is 57.2 Å². The second kappa shape index (κ2) is 36.2. The number of allylic oxidation sites excluding steroid dienone is 1. The zero-order chi connectivity index (χ0) is 55.9. The monoisotopic (exact) mass is 1090 g/mol. The van der Waals surface area contributed by atoms with Crippen LogP contribution in [0.25, 0.3) is 0 Å². The fourth-order valence-electron chi connectivity index (χ4n) is 13.5. The maximum absolute atomic E-state index is 13.1. The molecule has 0 bridgehead atoms. The van der Waals surface area contributed by atoms with E-state index in [1.165, 1.54) is 121 Å². The molecule has 12 nitrogen and oxygen atoms in total. The average Bonchev–Trinajstić information content (AvgIpc) is 3.91. The van der Waals surface area contributed by atoms with Crippen molar-refractivity contribution in [3.05, 3.63) is 41.5 Å². The number of ketones is 1. The van der Waals surface area contributed by atoms with Crippen molar-refractivity contribution in [3.63, 3.8) is 0 Å². The molecule has 78 heavy (non-hydrogen) atoms. The Balaban J connectivity index is 0.974. The van der Waals surface area contributed by atoms with Crippen molar-refractivity contribution in [1.29, 1.82) is 0 Å². The number of unbranched alkanes of at least 4 members (excludes halogenated alkanes) is 24. The van der Waals surface area contributed by atoms with E-state index >= 15 is 0 Å². The topological polar surface area (TPSA) is 158 Å². The number of hydrogen-bond acceptors (Lipinski definition) is 12. The second-order valence-corrected chi connectivity index (χ2v) is 24.3. The van der Waals surface area contributed by atoms with Gasteiger partial charge in [0, 0.05) is 24.7 Å². The highest BCUT2D eigenvalue weighted by atomic mass is 16.7. The fourth-order valence-corrected chi connectivity index (χ4v) is 13.5. The van der Waals surface area contributed by atoms with Crippen LogP contribution in [0.15, 0.2) is 35.9 Å². The molecule has 6 atom stereocenters. The molecule has 440 valence electrons. The Kier molecular flexibility index (Phi) is 30.0. The van der Waals surface area contributed by atoms with Gasteiger partial charge in [0.05, 0.1) is 12.8 Å². The van der Waals surface area contributed by atoms with Crippen LogP contribution in [0.5, 0.6) is 5.75 Å². The van der Waals surface area contributed by atoms with Gasteiger partial charge in [-0.15, -0.1) is 0 Å². The van der Waals surface area contributed by atoms with Crippen LogP contribution < -0.4 is 4.74 Å². The Bertz CT molecular complexity index is 1930. The highest BCUT2D eigenvalue weighted by Gasteiger charge is 2.60. The number of esters is 4. The molecule has 0 spiro atoms. The normalized spacial score (nSPS) is 22.4. The molecular formula is C66H104O12. The lowest BCUT2D eigenvalue weighted by Gasteiger charge is -2.57. The molecule has 0 saturated heterocycles. The van der Waals surface area contributed by atoms with Crippen molar-refractivity contribution in [2.75, 3.05) is 13.2 Å². The minimum Gasteiger partial charge on any atom is -0.462 e. The van der Waals surface area contributed by atoms with Crippen LogP contribution in [0, 0.1) is 28.6 Å². The Morgan fingerprint density at radius 1 is 0.526 bits per heavy atom. The molecular weight excluding hydrogens is 985 g/mol. The molecule has 3 saturated carbocycles. The van der Waals surface area contributed by atoms with Crippen LogP contribution in [0.3, 0.4) is 0 Å². The van der Waals surface area contributed by atoms with Gasteiger partial charge in [-0.2, -0.15) is 0 Å². The number of ether oxygens (including phenoxy) is 6. The molecule has 0 heterocycles. The predicted octanol–water partition coefficient (Wildman–Crippen LogP) is 16.9. The summed E-state index contributed by atoms with van der Waals surface area (Å²) in [6.07, 6.45) is 38.9. The van der Waals surface area contributed by atoms with Crippen LogP contribution in [0.2, 0.25) is 0 Å². The SMILES string of the molecule is CCCCCCCCCCCCCCCC(=O)OCC(COC(=O)CCCCCCCCCCCCCCC)OC(=O)CCC(=O)Oc1ccc(COC(=O)O[C@H]2CC[C@H]3[C@@H]4CCC5=CC(=O)CC[C@]5(C)[C@H]4CC[C@]23C)cc1. The van der Waals surface area contributed by atoms with Crippen molar-refractivity contribution in [2.45, 2.75) is 291 Å². The standard InChI is InChI=1S/C66H104O12/c1-5-7-9-11-13-15-17-19-21-23-25-27-29-31-60(68)73-49-55(50-74-61(69)32-30-28-26-24-22-20-18-16-14-12-10-8-6-2)77-63(71)42-41-62(70)76-54-36-33-51(34-37-54)48-75-64(72)78-59-40-39-57-56-38-35-52-47-53(67)43-45-65(52,3)58(56)44-46-66(57,59)4/h33-34,36-37,47,55-59H,5-32,35,38-46,48-50H2,1-4H3/t56-,57-,58-,59-,65-,66-/m0/s1. The molecule has 1 aromatic carbocycles. The van der Waals surface area contributed by atoms with Crippen molar-refractivity contribution in [2.24, 2.45) is 28.6 Å². The van der Waals surface area contributed by atoms with Crippen LogP contribution >= 0.6 is 0 Å². The Hall–Kier alpha value is -4.22. The maximum atomic E-state index is 13.1. The van der Waals surface area contributed by atoms with Gasteiger partial charge in [-0.05, 0) is 105 Å². The molecule has 0 amide bonds. The van der Waals surface area contributed by atoms with Gasteiger partial charge >= 0.3 is 30.0 Å². The average molecular weight is 1090 g/mol. The third kappa shape index (κ3) is 22.7. The molecule has 3 fully saturated rings. The zero-order valence-electron chi connectivity index (χ0n) is 49.2. The number of benzene rings is 1. The van der Waals surface area contributed by atoms with E-state index in [-0.39, 0.29) is 74.0 Å². The van der Waals surface area contributed by atoms with Gasteiger partial charge in [-0.25, -0.2) is 4.79 Å². The lowest BCUT2D eigenvalue weighted by molar-refractivity contribution is -0.167. The fraction of sp³-hybridized carbons (Fsp3) is 0.788. The van der Waals surface area contributed by atoms with E-state index < -0.39 is 36.1 Å². The number of carbonyl (C=O) groups excluding carboxylic acids is 6. The summed E-state index contributed by atoms with van der Waals surface area (Å²) in [7, 11) is 0. The van der Waals surface area contributed by atoms with Crippen LogP contribution in [0.1, 0.15) is 277 Å². The first-order valence-corrected chi connectivity index (χ1v) is 31.7. The minimum absolute atomic E-state index is 0.00663. The molecule has 12 heteroatoms. The van der Waals surface area contributed by atoms with Crippen LogP contribution in [-0.4, -0.2) is 61.2 Å². The number of rotatable bonds is 40. The van der Waals surface area contributed by atoms with Gasteiger partial charge in [-0.3, -0.25) is 24.0 Å². The minimum atomic E-state index is -1.01. The van der Waals surface area contributed by atoms with Gasteiger partial charge in [0.15, 0.2) is 11.9 Å². The molecule has 5 rings (SSSR count). The summed E-state index contributed by atoms with van der Waals surface area (Å²) in [5.74, 6) is 0.00942. The smallest absolute Gasteiger partial charge is 0.462 e. The molecule has 1 aromatic rings. The molecule has 4 aliphatic carbocycles. The first kappa shape index (κ1) is 64.6. The second-order valence-electron chi connectivity index (χ2n) is 24.3. The quantitative estimate of drug-likeness (QED) is 0.0265. The van der Waals surface area contributed by atoms with E-state index in [0.29, 0.717) is 29.7 Å². The van der Waals surface area contributed by atoms with E-state index in [1.807, 2.05) is 6.08 Å². The summed E-state index contributed by atoms with van der Waals surface area (Å²) in [6, 6.07) is 6.61. The first-order chi connectivity index (χ1) is 37.8. The molecule has 0 N–H and O–H groups in total. The number of fused-ring (bicyclic) bond motifs is 5. The zero-order valence-corrected chi connectivity index (χ0v) is 49.2. The van der Waals surface area contributed by atoms with Crippen molar-refractivity contribution >= 4 is 35.8 Å². The van der Waals surface area contributed by atoms with Crippen molar-refractivity contribution in [3.8, 4) is 5.75 Å². The van der Waals surface area contributed by atoms with Gasteiger partial charge in [0.1, 0.15) is 31.7 Å². The summed E-state index contributed by atoms with van der Waals surface area (Å²) in [5.41, 5.74) is 2.04. The Morgan fingerprint density at radius 3 is 1.55 bits per heavy atom. The van der Waals surface area contributed by atoms with E-state index in [1.54, 1.807) is 24.3 Å². The highest BCUT2D eigenvalue weighted by molar-refractivity contribution is 5.91. The Morgan fingerprint density at radius 2 is 1.03 bits per heavy atom. The highest BCUT2D eigenvalue weighted by Crippen LogP contribution is 2.65. The van der Waals surface area contributed by atoms with E-state index in [2.05, 4.69) is 27.7 Å². The summed E-state index contributed by atoms with van der Waals surface area (Å²) in [4.78, 5) is 76.7. The van der Waals surface area contributed by atoms with Gasteiger partial charge in [-0.1, -0.05) is 200 Å². The van der Waals surface area contributed by atoms with E-state index in [9.17, 15) is 28.8 Å². The molecule has 4 aliphatic rings. The molecule has 0 aromatic heterocycles. The van der Waals surface area contributed by atoms with Gasteiger partial charge in [0.2, 0.25) is 0 Å². The molecule has 0 aliphatic heterocycles. The third-order valence-electron chi connectivity index (χ3n) is 18.3. The molecule has 0 radical (unpaired) electrons. The summed E-state index contributed by atoms with van der Waals surface area (Å²) >= 11 is 0. The van der Waals surface area contributed by atoms with Crippen LogP contribution in [0.4, 0.5) is 4.79 Å². The summed E-state index contributed by atoms with van der Waals surface area (Å²) < 4.78 is 33.8. The lowest BCUT2D eigenvalue weighted by Crippen LogP contribution is -2.51. The van der Waals surface area contributed by atoms with Gasteiger partial charge in [0.25, 0.3) is 0 Å². The first-order valence-electron chi connectivity index (χ1n) is 31.7. The van der Waals surface area contributed by atoms with Gasteiger partial charge < -0.3 is 28.4 Å². The molecule has 0 unspecified atom stereocenters. The van der Waals surface area contributed by atoms with E-state index in [0.717, 1.165) is 96.3 Å². The number of hydrogen-bond donors (Lipinski definition) is 0.